The molecule has 0 saturated heterocycles. The Morgan fingerprint density at radius 3 is 3.00 bits per heavy atom. The van der Waals surface area contributed by atoms with Gasteiger partial charge in [-0.2, -0.15) is 0 Å². The van der Waals surface area contributed by atoms with Gasteiger partial charge in [-0.05, 0) is 64.4 Å². The molecule has 0 saturated carbocycles. The lowest BCUT2D eigenvalue weighted by atomic mass is 9.97. The van der Waals surface area contributed by atoms with E-state index in [1.165, 1.54) is 11.1 Å². The molecule has 1 amide bonds. The first-order chi connectivity index (χ1) is 9.15. The number of nitrogens with one attached hydrogen (secondary N) is 1. The Morgan fingerprint density at radius 1 is 1.53 bits per heavy atom. The number of fused-ring (bicyclic) bond motifs is 1. The lowest BCUT2D eigenvalue weighted by Crippen LogP contribution is -2.24. The van der Waals surface area contributed by atoms with Crippen LogP contribution in [0.15, 0.2) is 16.6 Å². The fourth-order valence-electron chi connectivity index (χ4n) is 2.66. The zero-order valence-corrected chi connectivity index (χ0v) is 13.0. The van der Waals surface area contributed by atoms with Gasteiger partial charge in [0.25, 0.3) is 0 Å². The van der Waals surface area contributed by atoms with E-state index in [2.05, 4.69) is 33.4 Å². The van der Waals surface area contributed by atoms with E-state index in [9.17, 15) is 4.79 Å². The SMILES string of the molecule is CCC(=O)NCCC1CCc2cc(Br)c(OC)cc21. The van der Waals surface area contributed by atoms with E-state index in [0.29, 0.717) is 12.3 Å². The maximum Gasteiger partial charge on any atom is 0.219 e. The highest BCUT2D eigenvalue weighted by atomic mass is 79.9. The first-order valence-corrected chi connectivity index (χ1v) is 7.58. The van der Waals surface area contributed by atoms with Gasteiger partial charge in [0.05, 0.1) is 11.6 Å². The van der Waals surface area contributed by atoms with Gasteiger partial charge in [-0.25, -0.2) is 0 Å². The summed E-state index contributed by atoms with van der Waals surface area (Å²) in [7, 11) is 1.69. The second-order valence-electron chi connectivity index (χ2n) is 4.91. The summed E-state index contributed by atoms with van der Waals surface area (Å²) in [6, 6.07) is 4.30. The standard InChI is InChI=1S/C15H20BrNO2/c1-3-15(18)17-7-6-10-4-5-11-8-13(16)14(19-2)9-12(10)11/h8-10H,3-7H2,1-2H3,(H,17,18). The number of amides is 1. The minimum atomic E-state index is 0.131. The van der Waals surface area contributed by atoms with Crippen LogP contribution in [-0.4, -0.2) is 19.6 Å². The Kier molecular flexibility index (Phi) is 4.86. The summed E-state index contributed by atoms with van der Waals surface area (Å²) in [4.78, 5) is 11.2. The molecule has 2 rings (SSSR count). The zero-order valence-electron chi connectivity index (χ0n) is 11.5. The monoisotopic (exact) mass is 325 g/mol. The summed E-state index contributed by atoms with van der Waals surface area (Å²) in [6.07, 6.45) is 3.84. The summed E-state index contributed by atoms with van der Waals surface area (Å²) >= 11 is 3.53. The fourth-order valence-corrected chi connectivity index (χ4v) is 3.21. The number of hydrogen-bond acceptors (Lipinski definition) is 2. The second-order valence-corrected chi connectivity index (χ2v) is 5.77. The second kappa shape index (κ2) is 6.42. The molecular weight excluding hydrogens is 306 g/mol. The Hall–Kier alpha value is -1.03. The third kappa shape index (κ3) is 3.30. The predicted molar refractivity (Wildman–Crippen MR) is 79.7 cm³/mol. The minimum Gasteiger partial charge on any atom is -0.496 e. The fraction of sp³-hybridized carbons (Fsp3) is 0.533. The highest BCUT2D eigenvalue weighted by Crippen LogP contribution is 2.40. The predicted octanol–water partition coefficient (Wildman–Crippen LogP) is 3.40. The van der Waals surface area contributed by atoms with Crippen molar-refractivity contribution in [2.24, 2.45) is 0 Å². The van der Waals surface area contributed by atoms with Crippen LogP contribution >= 0.6 is 15.9 Å². The number of aryl methyl sites for hydroxylation is 1. The van der Waals surface area contributed by atoms with Crippen LogP contribution in [0.1, 0.15) is 43.2 Å². The van der Waals surface area contributed by atoms with Gasteiger partial charge in [0.15, 0.2) is 0 Å². The molecule has 104 valence electrons. The van der Waals surface area contributed by atoms with Gasteiger partial charge >= 0.3 is 0 Å². The summed E-state index contributed by atoms with van der Waals surface area (Å²) in [5.41, 5.74) is 2.78. The molecular formula is C15H20BrNO2. The Balaban J connectivity index is 2.02. The maximum absolute atomic E-state index is 11.2. The van der Waals surface area contributed by atoms with Gasteiger partial charge in [0, 0.05) is 13.0 Å². The van der Waals surface area contributed by atoms with Gasteiger partial charge < -0.3 is 10.1 Å². The molecule has 1 aliphatic rings. The van der Waals surface area contributed by atoms with Crippen LogP contribution in [0.5, 0.6) is 5.75 Å². The van der Waals surface area contributed by atoms with Crippen molar-refractivity contribution in [2.45, 2.75) is 38.5 Å². The molecule has 0 aliphatic heterocycles. The van der Waals surface area contributed by atoms with Crippen LogP contribution < -0.4 is 10.1 Å². The third-order valence-electron chi connectivity index (χ3n) is 3.75. The van der Waals surface area contributed by atoms with E-state index in [4.69, 9.17) is 4.74 Å². The Labute approximate surface area is 122 Å². The molecule has 1 N–H and O–H groups in total. The van der Waals surface area contributed by atoms with Crippen molar-refractivity contribution in [1.82, 2.24) is 5.32 Å². The van der Waals surface area contributed by atoms with E-state index in [1.54, 1.807) is 7.11 Å². The lowest BCUT2D eigenvalue weighted by Gasteiger charge is -2.14. The average molecular weight is 326 g/mol. The van der Waals surface area contributed by atoms with Crippen LogP contribution in [0.2, 0.25) is 0 Å². The molecule has 1 aromatic rings. The van der Waals surface area contributed by atoms with E-state index in [-0.39, 0.29) is 5.91 Å². The van der Waals surface area contributed by atoms with Crippen LogP contribution in [-0.2, 0) is 11.2 Å². The Morgan fingerprint density at radius 2 is 2.32 bits per heavy atom. The molecule has 0 heterocycles. The molecule has 0 radical (unpaired) electrons. The van der Waals surface area contributed by atoms with Crippen molar-refractivity contribution in [3.05, 3.63) is 27.7 Å². The molecule has 1 aliphatic carbocycles. The van der Waals surface area contributed by atoms with Gasteiger partial charge in [0.2, 0.25) is 5.91 Å². The molecule has 3 nitrogen and oxygen atoms in total. The topological polar surface area (TPSA) is 38.3 Å². The molecule has 1 atom stereocenters. The largest absolute Gasteiger partial charge is 0.496 e. The molecule has 19 heavy (non-hydrogen) atoms. The quantitative estimate of drug-likeness (QED) is 0.901. The molecule has 0 spiro atoms. The number of carbonyl (C=O) groups excluding carboxylic acids is 1. The number of methoxy groups -OCH3 is 1. The van der Waals surface area contributed by atoms with Gasteiger partial charge in [0.1, 0.15) is 5.75 Å². The van der Waals surface area contributed by atoms with Crippen LogP contribution in [0.4, 0.5) is 0 Å². The van der Waals surface area contributed by atoms with E-state index < -0.39 is 0 Å². The maximum atomic E-state index is 11.2. The van der Waals surface area contributed by atoms with Crippen molar-refractivity contribution in [1.29, 1.82) is 0 Å². The van der Waals surface area contributed by atoms with Crippen molar-refractivity contribution in [2.75, 3.05) is 13.7 Å². The molecule has 1 unspecified atom stereocenters. The third-order valence-corrected chi connectivity index (χ3v) is 4.37. The number of carbonyl (C=O) groups is 1. The van der Waals surface area contributed by atoms with Crippen LogP contribution in [0, 0.1) is 0 Å². The summed E-state index contributed by atoms with van der Waals surface area (Å²) in [5, 5.41) is 2.95. The van der Waals surface area contributed by atoms with E-state index >= 15 is 0 Å². The zero-order chi connectivity index (χ0) is 13.8. The van der Waals surface area contributed by atoms with E-state index in [1.807, 2.05) is 6.92 Å². The summed E-state index contributed by atoms with van der Waals surface area (Å²) < 4.78 is 6.38. The van der Waals surface area contributed by atoms with Crippen LogP contribution in [0.3, 0.4) is 0 Å². The normalized spacial score (nSPS) is 17.1. The van der Waals surface area contributed by atoms with Gasteiger partial charge in [-0.15, -0.1) is 0 Å². The highest BCUT2D eigenvalue weighted by molar-refractivity contribution is 9.10. The lowest BCUT2D eigenvalue weighted by molar-refractivity contribution is -0.120. The first-order valence-electron chi connectivity index (χ1n) is 6.78. The van der Waals surface area contributed by atoms with Crippen molar-refractivity contribution in [3.63, 3.8) is 0 Å². The smallest absolute Gasteiger partial charge is 0.219 e. The number of hydrogen-bond donors (Lipinski definition) is 1. The number of halogens is 1. The summed E-state index contributed by atoms with van der Waals surface area (Å²) in [5.74, 6) is 1.56. The number of ether oxygens (including phenoxy) is 1. The molecule has 0 aromatic heterocycles. The molecule has 0 fully saturated rings. The molecule has 4 heteroatoms. The first kappa shape index (κ1) is 14.4. The van der Waals surface area contributed by atoms with Crippen molar-refractivity contribution in [3.8, 4) is 5.75 Å². The van der Waals surface area contributed by atoms with E-state index in [0.717, 1.165) is 36.0 Å². The van der Waals surface area contributed by atoms with Crippen LogP contribution in [0.25, 0.3) is 0 Å². The Bertz CT molecular complexity index is 473. The van der Waals surface area contributed by atoms with Crippen molar-refractivity contribution >= 4 is 21.8 Å². The van der Waals surface area contributed by atoms with Crippen molar-refractivity contribution < 1.29 is 9.53 Å². The minimum absolute atomic E-state index is 0.131. The number of rotatable bonds is 5. The highest BCUT2D eigenvalue weighted by Gasteiger charge is 2.24. The van der Waals surface area contributed by atoms with Gasteiger partial charge in [-0.3, -0.25) is 4.79 Å². The number of benzene rings is 1. The molecule has 0 bridgehead atoms. The molecule has 1 aromatic carbocycles. The summed E-state index contributed by atoms with van der Waals surface area (Å²) in [6.45, 7) is 2.64. The van der Waals surface area contributed by atoms with Gasteiger partial charge in [-0.1, -0.05) is 6.92 Å². The average Bonchev–Trinajstić information content (AvgIpc) is 2.79.